The topological polar surface area (TPSA) is 88.8 Å². The first-order valence-corrected chi connectivity index (χ1v) is 10.7. The first kappa shape index (κ1) is 21.5. The van der Waals surface area contributed by atoms with Crippen molar-refractivity contribution in [3.8, 4) is 17.1 Å². The van der Waals surface area contributed by atoms with Crippen LogP contribution in [0.1, 0.15) is 24.8 Å². The highest BCUT2D eigenvalue weighted by Crippen LogP contribution is 2.34. The van der Waals surface area contributed by atoms with Gasteiger partial charge >= 0.3 is 0 Å². The van der Waals surface area contributed by atoms with E-state index in [1.165, 1.54) is 10.5 Å². The SMILES string of the molecule is CCc1ccc(-c2noc(CCC(=O)N3C[C@@H](C(=O)N(C)C)Oc4ccccc43)n2)cc1. The molecule has 0 spiro atoms. The molecule has 1 aliphatic rings. The van der Waals surface area contributed by atoms with E-state index in [4.69, 9.17) is 9.26 Å². The Hall–Kier alpha value is -3.68. The predicted octanol–water partition coefficient (Wildman–Crippen LogP) is 3.11. The number of carbonyl (C=O) groups excluding carboxylic acids is 2. The van der Waals surface area contributed by atoms with Gasteiger partial charge in [0.1, 0.15) is 5.75 Å². The Labute approximate surface area is 186 Å². The Kier molecular flexibility index (Phi) is 6.20. The quantitative estimate of drug-likeness (QED) is 0.592. The van der Waals surface area contributed by atoms with E-state index in [0.29, 0.717) is 29.6 Å². The number of hydrogen-bond acceptors (Lipinski definition) is 6. The average molecular weight is 434 g/mol. The lowest BCUT2D eigenvalue weighted by Crippen LogP contribution is -2.50. The number of fused-ring (bicyclic) bond motifs is 1. The molecule has 2 aromatic carbocycles. The normalized spacial score (nSPS) is 15.1. The molecule has 1 aromatic heterocycles. The molecule has 0 fully saturated rings. The number of rotatable bonds is 6. The summed E-state index contributed by atoms with van der Waals surface area (Å²) in [6, 6.07) is 15.2. The maximum Gasteiger partial charge on any atom is 0.265 e. The van der Waals surface area contributed by atoms with E-state index in [-0.39, 0.29) is 24.8 Å². The van der Waals surface area contributed by atoms with Crippen LogP contribution in [-0.2, 0) is 22.4 Å². The number of para-hydroxylation sites is 2. The van der Waals surface area contributed by atoms with Crippen LogP contribution < -0.4 is 9.64 Å². The third-order valence-corrected chi connectivity index (χ3v) is 5.43. The molecule has 2 amide bonds. The Balaban J connectivity index is 1.45. The molecule has 0 radical (unpaired) electrons. The van der Waals surface area contributed by atoms with Gasteiger partial charge in [0.05, 0.1) is 12.2 Å². The van der Waals surface area contributed by atoms with Gasteiger partial charge in [0.2, 0.25) is 17.6 Å². The molecule has 8 heteroatoms. The molecule has 8 nitrogen and oxygen atoms in total. The molecule has 0 N–H and O–H groups in total. The fraction of sp³-hybridized carbons (Fsp3) is 0.333. The van der Waals surface area contributed by atoms with Crippen molar-refractivity contribution in [1.29, 1.82) is 0 Å². The van der Waals surface area contributed by atoms with Gasteiger partial charge in [-0.05, 0) is 24.1 Å². The molecular formula is C24H26N4O4. The zero-order valence-corrected chi connectivity index (χ0v) is 18.4. The molecule has 4 rings (SSSR count). The number of aromatic nitrogens is 2. The van der Waals surface area contributed by atoms with Gasteiger partial charge in [-0.25, -0.2) is 0 Å². The third kappa shape index (κ3) is 4.49. The maximum atomic E-state index is 13.1. The lowest BCUT2D eigenvalue weighted by molar-refractivity contribution is -0.136. The van der Waals surface area contributed by atoms with Crippen LogP contribution in [0.25, 0.3) is 11.4 Å². The monoisotopic (exact) mass is 434 g/mol. The van der Waals surface area contributed by atoms with E-state index in [2.05, 4.69) is 17.1 Å². The highest BCUT2D eigenvalue weighted by Gasteiger charge is 2.34. The van der Waals surface area contributed by atoms with Crippen molar-refractivity contribution in [3.05, 3.63) is 60.0 Å². The van der Waals surface area contributed by atoms with E-state index >= 15 is 0 Å². The number of benzene rings is 2. The minimum Gasteiger partial charge on any atom is -0.476 e. The average Bonchev–Trinajstić information content (AvgIpc) is 3.30. The molecule has 3 aromatic rings. The second-order valence-electron chi connectivity index (χ2n) is 7.87. The molecule has 2 heterocycles. The summed E-state index contributed by atoms with van der Waals surface area (Å²) in [5.74, 6) is 1.10. The third-order valence-electron chi connectivity index (χ3n) is 5.43. The van der Waals surface area contributed by atoms with E-state index in [1.807, 2.05) is 42.5 Å². The van der Waals surface area contributed by atoms with Crippen LogP contribution in [0.3, 0.4) is 0 Å². The van der Waals surface area contributed by atoms with Gasteiger partial charge in [0.15, 0.2) is 6.10 Å². The minimum absolute atomic E-state index is 0.135. The Morgan fingerprint density at radius 3 is 2.59 bits per heavy atom. The second kappa shape index (κ2) is 9.21. The highest BCUT2D eigenvalue weighted by molar-refractivity contribution is 5.97. The van der Waals surface area contributed by atoms with E-state index < -0.39 is 6.10 Å². The molecule has 1 aliphatic heterocycles. The number of likely N-dealkylation sites (N-methyl/N-ethyl adjacent to an activating group) is 1. The molecule has 0 aliphatic carbocycles. The fourth-order valence-electron chi connectivity index (χ4n) is 3.60. The molecule has 32 heavy (non-hydrogen) atoms. The second-order valence-corrected chi connectivity index (χ2v) is 7.87. The first-order chi connectivity index (χ1) is 15.5. The van der Waals surface area contributed by atoms with Crippen LogP contribution in [-0.4, -0.2) is 53.6 Å². The van der Waals surface area contributed by atoms with Crippen molar-refractivity contribution in [2.24, 2.45) is 0 Å². The maximum absolute atomic E-state index is 13.1. The van der Waals surface area contributed by atoms with Gasteiger partial charge in [-0.15, -0.1) is 0 Å². The lowest BCUT2D eigenvalue weighted by Gasteiger charge is -2.35. The van der Waals surface area contributed by atoms with Crippen LogP contribution >= 0.6 is 0 Å². The largest absolute Gasteiger partial charge is 0.476 e. The van der Waals surface area contributed by atoms with Crippen molar-refractivity contribution < 1.29 is 18.8 Å². The van der Waals surface area contributed by atoms with Crippen LogP contribution in [0.15, 0.2) is 53.1 Å². The molecule has 166 valence electrons. The smallest absolute Gasteiger partial charge is 0.265 e. The van der Waals surface area contributed by atoms with Gasteiger partial charge < -0.3 is 19.1 Å². The summed E-state index contributed by atoms with van der Waals surface area (Å²) < 4.78 is 11.2. The molecule has 0 bridgehead atoms. The highest BCUT2D eigenvalue weighted by atomic mass is 16.5. The van der Waals surface area contributed by atoms with E-state index in [9.17, 15) is 9.59 Å². The Bertz CT molecular complexity index is 1110. The molecule has 0 unspecified atom stereocenters. The molecule has 0 saturated carbocycles. The predicted molar refractivity (Wildman–Crippen MR) is 119 cm³/mol. The number of hydrogen-bond donors (Lipinski definition) is 0. The van der Waals surface area contributed by atoms with Crippen molar-refractivity contribution in [2.75, 3.05) is 25.5 Å². The van der Waals surface area contributed by atoms with Gasteiger partial charge in [0.25, 0.3) is 5.91 Å². The number of anilines is 1. The summed E-state index contributed by atoms with van der Waals surface area (Å²) in [5.41, 5.74) is 2.76. The molecule has 0 saturated heterocycles. The Morgan fingerprint density at radius 2 is 1.88 bits per heavy atom. The van der Waals surface area contributed by atoms with Crippen LogP contribution in [0, 0.1) is 0 Å². The number of amides is 2. The summed E-state index contributed by atoms with van der Waals surface area (Å²) in [7, 11) is 3.34. The lowest BCUT2D eigenvalue weighted by atomic mass is 10.1. The van der Waals surface area contributed by atoms with Gasteiger partial charge in [-0.2, -0.15) is 4.98 Å². The Morgan fingerprint density at radius 1 is 1.12 bits per heavy atom. The molecule has 1 atom stereocenters. The van der Waals surface area contributed by atoms with E-state index in [0.717, 1.165) is 12.0 Å². The van der Waals surface area contributed by atoms with Crippen molar-refractivity contribution >= 4 is 17.5 Å². The molecular weight excluding hydrogens is 408 g/mol. The van der Waals surface area contributed by atoms with Crippen LogP contribution in [0.5, 0.6) is 5.75 Å². The van der Waals surface area contributed by atoms with Gasteiger partial charge in [0, 0.05) is 32.5 Å². The number of carbonyl (C=O) groups is 2. The van der Waals surface area contributed by atoms with Gasteiger partial charge in [-0.1, -0.05) is 48.5 Å². The van der Waals surface area contributed by atoms with Crippen LogP contribution in [0.2, 0.25) is 0 Å². The van der Waals surface area contributed by atoms with Gasteiger partial charge in [-0.3, -0.25) is 9.59 Å². The summed E-state index contributed by atoms with van der Waals surface area (Å²) in [5, 5.41) is 4.04. The van der Waals surface area contributed by atoms with Crippen molar-refractivity contribution in [1.82, 2.24) is 15.0 Å². The van der Waals surface area contributed by atoms with E-state index in [1.54, 1.807) is 25.1 Å². The zero-order valence-electron chi connectivity index (χ0n) is 18.4. The first-order valence-electron chi connectivity index (χ1n) is 10.7. The zero-order chi connectivity index (χ0) is 22.7. The minimum atomic E-state index is -0.745. The summed E-state index contributed by atoms with van der Waals surface area (Å²) in [6.07, 6.45) is 0.703. The summed E-state index contributed by atoms with van der Waals surface area (Å²) in [6.45, 7) is 2.26. The summed E-state index contributed by atoms with van der Waals surface area (Å²) in [4.78, 5) is 33.0. The fourth-order valence-corrected chi connectivity index (χ4v) is 3.60. The summed E-state index contributed by atoms with van der Waals surface area (Å²) >= 11 is 0. The van der Waals surface area contributed by atoms with Crippen molar-refractivity contribution in [2.45, 2.75) is 32.3 Å². The number of nitrogens with zero attached hydrogens (tertiary/aromatic N) is 4. The van der Waals surface area contributed by atoms with Crippen LogP contribution in [0.4, 0.5) is 5.69 Å². The number of aryl methyl sites for hydroxylation is 2. The standard InChI is InChI=1S/C24H26N4O4/c1-4-16-9-11-17(12-10-16)23-25-21(32-26-23)13-14-22(29)28-15-20(24(30)27(2)3)31-19-8-6-5-7-18(19)28/h5-12,20H,4,13-15H2,1-3H3/t20-/m0/s1. The number of ether oxygens (including phenoxy) is 1. The van der Waals surface area contributed by atoms with Crippen molar-refractivity contribution in [3.63, 3.8) is 0 Å².